The third-order valence-electron chi connectivity index (χ3n) is 3.17. The van der Waals surface area contributed by atoms with Gasteiger partial charge >= 0.3 is 0 Å². The minimum atomic E-state index is -1.76. The van der Waals surface area contributed by atoms with Gasteiger partial charge in [-0.05, 0) is 19.4 Å². The van der Waals surface area contributed by atoms with Crippen molar-refractivity contribution >= 4 is 11.6 Å². The second-order valence-corrected chi connectivity index (χ2v) is 4.81. The zero-order valence-electron chi connectivity index (χ0n) is 12.1. The Morgan fingerprint density at radius 3 is 2.73 bits per heavy atom. The van der Waals surface area contributed by atoms with Gasteiger partial charge in [-0.2, -0.15) is 5.26 Å². The summed E-state index contributed by atoms with van der Waals surface area (Å²) in [6.07, 6.45) is 0.183. The lowest BCUT2D eigenvalue weighted by Gasteiger charge is -2.19. The molecular weight excluding hydrogens is 293 g/mol. The van der Waals surface area contributed by atoms with Crippen molar-refractivity contribution in [2.24, 2.45) is 5.73 Å². The largest absolute Gasteiger partial charge is 0.366 e. The van der Waals surface area contributed by atoms with E-state index in [0.29, 0.717) is 5.92 Å². The number of hydrogen-bond acceptors (Lipinski definition) is 5. The molecule has 1 aromatic rings. The zero-order chi connectivity index (χ0) is 16.9. The summed E-state index contributed by atoms with van der Waals surface area (Å²) in [4.78, 5) is 21.2. The molecular formula is C14H15FN3O4. The maximum Gasteiger partial charge on any atom is 0.269 e. The van der Waals surface area contributed by atoms with Crippen LogP contribution in [0, 0.1) is 33.2 Å². The van der Waals surface area contributed by atoms with Gasteiger partial charge < -0.3 is 10.5 Å². The van der Waals surface area contributed by atoms with Crippen LogP contribution < -0.4 is 5.73 Å². The molecule has 1 atom stereocenters. The number of nitrogens with zero attached hydrogens (tertiary/aromatic N) is 2. The van der Waals surface area contributed by atoms with E-state index in [1.165, 1.54) is 6.92 Å². The Balaban J connectivity index is 2.76. The predicted molar refractivity (Wildman–Crippen MR) is 74.9 cm³/mol. The number of rotatable bonds is 7. The highest BCUT2D eigenvalue weighted by molar-refractivity contribution is 5.86. The molecule has 0 heterocycles. The van der Waals surface area contributed by atoms with E-state index < -0.39 is 22.2 Å². The molecule has 0 aliphatic heterocycles. The molecule has 0 spiro atoms. The number of non-ortho nitro benzene ring substituents is 1. The van der Waals surface area contributed by atoms with Crippen LogP contribution in [0.1, 0.15) is 25.8 Å². The Morgan fingerprint density at radius 1 is 1.59 bits per heavy atom. The van der Waals surface area contributed by atoms with E-state index in [4.69, 9.17) is 15.7 Å². The maximum atomic E-state index is 13.7. The number of halogens is 1. The van der Waals surface area contributed by atoms with Crippen molar-refractivity contribution < 1.29 is 18.8 Å². The van der Waals surface area contributed by atoms with Crippen molar-refractivity contribution in [1.82, 2.24) is 0 Å². The molecule has 0 aromatic heterocycles. The number of carbonyl (C=O) groups excluding carboxylic acids is 1. The fraction of sp³-hybridized carbons (Fsp3) is 0.357. The molecule has 0 fully saturated rings. The quantitative estimate of drug-likeness (QED) is 0.609. The molecule has 0 saturated heterocycles. The van der Waals surface area contributed by atoms with Crippen molar-refractivity contribution in [3.05, 3.63) is 45.6 Å². The van der Waals surface area contributed by atoms with Gasteiger partial charge in [0.1, 0.15) is 11.9 Å². The number of nitriles is 1. The summed E-state index contributed by atoms with van der Waals surface area (Å²) in [6, 6.07) is 4.87. The molecule has 0 aliphatic rings. The van der Waals surface area contributed by atoms with Gasteiger partial charge in [0.2, 0.25) is 5.60 Å². The van der Waals surface area contributed by atoms with Crippen LogP contribution >= 0.6 is 0 Å². The molecule has 1 rings (SSSR count). The summed E-state index contributed by atoms with van der Waals surface area (Å²) in [5.41, 5.74) is 3.16. The fourth-order valence-electron chi connectivity index (χ4n) is 1.66. The normalized spacial score (nSPS) is 13.4. The minimum absolute atomic E-state index is 0.0546. The van der Waals surface area contributed by atoms with Crippen LogP contribution in [0.3, 0.4) is 0 Å². The monoisotopic (exact) mass is 308 g/mol. The van der Waals surface area contributed by atoms with Crippen LogP contribution in [0.25, 0.3) is 0 Å². The summed E-state index contributed by atoms with van der Waals surface area (Å²) < 4.78 is 18.9. The summed E-state index contributed by atoms with van der Waals surface area (Å²) in [6.45, 7) is 2.76. The second-order valence-electron chi connectivity index (χ2n) is 4.81. The van der Waals surface area contributed by atoms with E-state index in [1.807, 2.05) is 0 Å². The number of benzene rings is 1. The lowest BCUT2D eigenvalue weighted by Crippen LogP contribution is -2.42. The first-order valence-corrected chi connectivity index (χ1v) is 6.33. The zero-order valence-corrected chi connectivity index (χ0v) is 12.1. The molecule has 2 N–H and O–H groups in total. The Hall–Kier alpha value is -2.53. The molecule has 0 saturated carbocycles. The highest BCUT2D eigenvalue weighted by Crippen LogP contribution is 2.26. The van der Waals surface area contributed by atoms with E-state index in [9.17, 15) is 19.3 Å². The molecule has 1 radical (unpaired) electrons. The number of nitrogens with two attached hydrogens (primary N) is 1. The van der Waals surface area contributed by atoms with Gasteiger partial charge in [-0.25, -0.2) is 4.39 Å². The van der Waals surface area contributed by atoms with Crippen molar-refractivity contribution in [3.8, 4) is 6.07 Å². The van der Waals surface area contributed by atoms with Crippen molar-refractivity contribution in [3.63, 3.8) is 0 Å². The molecule has 0 aliphatic carbocycles. The predicted octanol–water partition coefficient (Wildman–Crippen LogP) is 1.85. The number of nitro benzene ring substituents is 1. The average Bonchev–Trinajstić information content (AvgIpc) is 2.46. The third-order valence-corrected chi connectivity index (χ3v) is 3.17. The molecule has 0 unspecified atom stereocenters. The summed E-state index contributed by atoms with van der Waals surface area (Å²) in [7, 11) is 0. The first-order chi connectivity index (χ1) is 10.2. The van der Waals surface area contributed by atoms with E-state index >= 15 is 0 Å². The summed E-state index contributed by atoms with van der Waals surface area (Å²) >= 11 is 0. The van der Waals surface area contributed by atoms with Gasteiger partial charge in [-0.1, -0.05) is 6.92 Å². The maximum absolute atomic E-state index is 13.7. The number of ether oxygens (including phenoxy) is 1. The summed E-state index contributed by atoms with van der Waals surface area (Å²) in [5.74, 6) is -1.03. The van der Waals surface area contributed by atoms with Gasteiger partial charge in [-0.15, -0.1) is 0 Å². The molecule has 7 nitrogen and oxygen atoms in total. The SMILES string of the molecule is C[C](CCO[C@@](C)(C#N)C(N)=O)c1cc([N+](=O)[O-])ccc1F. The molecule has 22 heavy (non-hydrogen) atoms. The highest BCUT2D eigenvalue weighted by Gasteiger charge is 2.32. The van der Waals surface area contributed by atoms with Gasteiger partial charge in [-0.3, -0.25) is 14.9 Å². The van der Waals surface area contributed by atoms with Crippen LogP contribution in [0.15, 0.2) is 18.2 Å². The van der Waals surface area contributed by atoms with Gasteiger partial charge in [0, 0.05) is 23.6 Å². The van der Waals surface area contributed by atoms with Crippen LogP contribution in [0.4, 0.5) is 10.1 Å². The smallest absolute Gasteiger partial charge is 0.269 e. The minimum Gasteiger partial charge on any atom is -0.366 e. The Labute approximate surface area is 126 Å². The lowest BCUT2D eigenvalue weighted by molar-refractivity contribution is -0.385. The Morgan fingerprint density at radius 2 is 2.23 bits per heavy atom. The van der Waals surface area contributed by atoms with E-state index in [0.717, 1.165) is 18.2 Å². The van der Waals surface area contributed by atoms with Crippen LogP contribution in [0.5, 0.6) is 0 Å². The van der Waals surface area contributed by atoms with Crippen LogP contribution in [-0.4, -0.2) is 23.0 Å². The fourth-order valence-corrected chi connectivity index (χ4v) is 1.66. The van der Waals surface area contributed by atoms with E-state index in [-0.39, 0.29) is 24.3 Å². The van der Waals surface area contributed by atoms with Gasteiger partial charge in [0.25, 0.3) is 11.6 Å². The van der Waals surface area contributed by atoms with Crippen molar-refractivity contribution in [2.75, 3.05) is 6.61 Å². The Bertz CT molecular complexity index is 629. The standard InChI is InChI=1S/C14H15FN3O4/c1-9(5-6-22-14(2,8-16)13(17)19)11-7-10(18(20)21)3-4-12(11)15/h3-4,7H,5-6H2,1-2H3,(H2,17,19)/t14-/m0/s1. The van der Waals surface area contributed by atoms with Crippen LogP contribution in [-0.2, 0) is 9.53 Å². The topological polar surface area (TPSA) is 119 Å². The molecule has 1 aromatic carbocycles. The number of amides is 1. The Kier molecular flexibility index (Phi) is 5.54. The average molecular weight is 308 g/mol. The second kappa shape index (κ2) is 6.95. The van der Waals surface area contributed by atoms with Crippen molar-refractivity contribution in [1.29, 1.82) is 5.26 Å². The number of nitro groups is 1. The first kappa shape index (κ1) is 17.5. The molecule has 8 heteroatoms. The first-order valence-electron chi connectivity index (χ1n) is 6.33. The number of hydrogen-bond donors (Lipinski definition) is 1. The molecule has 117 valence electrons. The number of carbonyl (C=O) groups is 1. The van der Waals surface area contributed by atoms with Crippen LogP contribution in [0.2, 0.25) is 0 Å². The summed E-state index contributed by atoms with van der Waals surface area (Å²) in [5, 5.41) is 19.6. The molecule has 1 amide bonds. The number of primary amides is 1. The third kappa shape index (κ3) is 3.99. The van der Waals surface area contributed by atoms with Gasteiger partial charge in [0.15, 0.2) is 0 Å². The van der Waals surface area contributed by atoms with Crippen molar-refractivity contribution in [2.45, 2.75) is 25.9 Å². The lowest BCUT2D eigenvalue weighted by atomic mass is 9.97. The highest BCUT2D eigenvalue weighted by atomic mass is 19.1. The van der Waals surface area contributed by atoms with E-state index in [2.05, 4.69) is 0 Å². The van der Waals surface area contributed by atoms with E-state index in [1.54, 1.807) is 13.0 Å². The molecule has 0 bridgehead atoms. The van der Waals surface area contributed by atoms with Gasteiger partial charge in [0.05, 0.1) is 11.5 Å².